The van der Waals surface area contributed by atoms with Crippen LogP contribution in [0.2, 0.25) is 0 Å². The normalized spacial score (nSPS) is 13.3. The number of nitrogens with one attached hydrogen (secondary N) is 2. The largest absolute Gasteiger partial charge is 0.399 e. The minimum atomic E-state index is -0.0722. The average Bonchev–Trinajstić information content (AvgIpc) is 3.42. The predicted molar refractivity (Wildman–Crippen MR) is 100 cm³/mol. The zero-order valence-electron chi connectivity index (χ0n) is 14.3. The van der Waals surface area contributed by atoms with E-state index >= 15 is 0 Å². The molecule has 1 saturated carbocycles. The lowest BCUT2D eigenvalue weighted by Gasteiger charge is -2.12. The molecule has 3 rings (SSSR count). The fourth-order valence-electron chi connectivity index (χ4n) is 2.65. The number of benzene rings is 2. The highest BCUT2D eigenvalue weighted by Crippen LogP contribution is 2.30. The van der Waals surface area contributed by atoms with Crippen LogP contribution in [0.4, 0.5) is 17.1 Å². The van der Waals surface area contributed by atoms with Gasteiger partial charge < -0.3 is 16.4 Å². The predicted octanol–water partition coefficient (Wildman–Crippen LogP) is 3.50. The Labute approximate surface area is 147 Å². The maximum absolute atomic E-state index is 12.3. The molecule has 0 spiro atoms. The summed E-state index contributed by atoms with van der Waals surface area (Å²) in [5.41, 5.74) is 9.97. The summed E-state index contributed by atoms with van der Waals surface area (Å²) in [6.45, 7) is 1.93. The Balaban J connectivity index is 1.60. The third-order valence-corrected chi connectivity index (χ3v) is 4.40. The summed E-state index contributed by atoms with van der Waals surface area (Å²) >= 11 is 0. The molecule has 0 bridgehead atoms. The molecule has 5 heteroatoms. The third-order valence-electron chi connectivity index (χ3n) is 4.40. The molecule has 1 fully saturated rings. The highest BCUT2D eigenvalue weighted by atomic mass is 16.2. The van der Waals surface area contributed by atoms with Crippen molar-refractivity contribution in [3.05, 3.63) is 53.6 Å². The number of anilines is 3. The number of aryl methyl sites for hydroxylation is 2. The van der Waals surface area contributed by atoms with Crippen molar-refractivity contribution in [2.24, 2.45) is 5.92 Å². The molecule has 0 saturated heterocycles. The van der Waals surface area contributed by atoms with Crippen LogP contribution in [-0.2, 0) is 16.0 Å². The van der Waals surface area contributed by atoms with Crippen LogP contribution in [0.1, 0.15) is 30.4 Å². The van der Waals surface area contributed by atoms with Crippen LogP contribution in [-0.4, -0.2) is 11.8 Å². The lowest BCUT2D eigenvalue weighted by atomic mass is 10.1. The summed E-state index contributed by atoms with van der Waals surface area (Å²) in [4.78, 5) is 24.1. The molecule has 0 heterocycles. The highest BCUT2D eigenvalue weighted by molar-refractivity contribution is 5.96. The van der Waals surface area contributed by atoms with Crippen LogP contribution in [0, 0.1) is 12.8 Å². The molecule has 130 valence electrons. The molecular weight excluding hydrogens is 314 g/mol. The smallest absolute Gasteiger partial charge is 0.227 e. The number of carbonyl (C=O) groups excluding carboxylic acids is 2. The second-order valence-electron chi connectivity index (χ2n) is 6.54. The molecule has 0 radical (unpaired) electrons. The van der Waals surface area contributed by atoms with E-state index in [9.17, 15) is 9.59 Å². The monoisotopic (exact) mass is 337 g/mol. The summed E-state index contributed by atoms with van der Waals surface area (Å²) in [5.74, 6) is 0.133. The maximum atomic E-state index is 12.3. The Morgan fingerprint density at radius 2 is 1.88 bits per heavy atom. The Bertz CT molecular complexity index is 797. The second kappa shape index (κ2) is 7.38. The van der Waals surface area contributed by atoms with Gasteiger partial charge in [-0.2, -0.15) is 0 Å². The van der Waals surface area contributed by atoms with Crippen LogP contribution in [0.15, 0.2) is 42.5 Å². The number of hydrogen-bond donors (Lipinski definition) is 3. The van der Waals surface area contributed by atoms with Gasteiger partial charge in [-0.15, -0.1) is 0 Å². The number of rotatable bonds is 6. The van der Waals surface area contributed by atoms with Crippen molar-refractivity contribution in [2.75, 3.05) is 16.4 Å². The molecule has 4 N–H and O–H groups in total. The Kier molecular flexibility index (Phi) is 5.03. The van der Waals surface area contributed by atoms with E-state index in [1.165, 1.54) is 0 Å². The average molecular weight is 337 g/mol. The van der Waals surface area contributed by atoms with E-state index in [0.717, 1.165) is 29.7 Å². The molecule has 0 aliphatic heterocycles. The van der Waals surface area contributed by atoms with Gasteiger partial charge in [0.25, 0.3) is 0 Å². The minimum absolute atomic E-state index is 0.0562. The van der Waals surface area contributed by atoms with Crippen LogP contribution >= 0.6 is 0 Å². The van der Waals surface area contributed by atoms with E-state index in [1.54, 1.807) is 0 Å². The van der Waals surface area contributed by atoms with Gasteiger partial charge in [0.2, 0.25) is 11.8 Å². The number of hydrogen-bond acceptors (Lipinski definition) is 3. The summed E-state index contributed by atoms with van der Waals surface area (Å²) < 4.78 is 0. The van der Waals surface area contributed by atoms with E-state index < -0.39 is 0 Å². The van der Waals surface area contributed by atoms with Crippen molar-refractivity contribution >= 4 is 28.9 Å². The van der Waals surface area contributed by atoms with E-state index in [2.05, 4.69) is 10.6 Å². The SMILES string of the molecule is Cc1ccc(NC(=O)C2CC2)cc1NC(=O)CCc1ccccc1N. The first-order valence-electron chi connectivity index (χ1n) is 8.57. The summed E-state index contributed by atoms with van der Waals surface area (Å²) in [5, 5.41) is 5.83. The summed E-state index contributed by atoms with van der Waals surface area (Å²) in [7, 11) is 0. The fraction of sp³-hybridized carbons (Fsp3) is 0.300. The first-order chi connectivity index (χ1) is 12.0. The first-order valence-corrected chi connectivity index (χ1v) is 8.57. The van der Waals surface area contributed by atoms with Gasteiger partial charge in [0.05, 0.1) is 0 Å². The maximum Gasteiger partial charge on any atom is 0.227 e. The number of nitrogen functional groups attached to an aromatic ring is 1. The van der Waals surface area contributed by atoms with Crippen molar-refractivity contribution < 1.29 is 9.59 Å². The Morgan fingerprint density at radius 3 is 2.60 bits per heavy atom. The molecule has 5 nitrogen and oxygen atoms in total. The van der Waals surface area contributed by atoms with E-state index in [-0.39, 0.29) is 17.7 Å². The van der Waals surface area contributed by atoms with Crippen molar-refractivity contribution in [3.63, 3.8) is 0 Å². The molecule has 2 aromatic rings. The van der Waals surface area contributed by atoms with E-state index in [1.807, 2.05) is 49.4 Å². The highest BCUT2D eigenvalue weighted by Gasteiger charge is 2.29. The van der Waals surface area contributed by atoms with Crippen LogP contribution in [0.25, 0.3) is 0 Å². The lowest BCUT2D eigenvalue weighted by molar-refractivity contribution is -0.117. The van der Waals surface area contributed by atoms with Crippen LogP contribution < -0.4 is 16.4 Å². The van der Waals surface area contributed by atoms with Gasteiger partial charge in [0, 0.05) is 29.4 Å². The van der Waals surface area contributed by atoms with Crippen LogP contribution in [0.3, 0.4) is 0 Å². The number of carbonyl (C=O) groups is 2. The van der Waals surface area contributed by atoms with Gasteiger partial charge in [0.15, 0.2) is 0 Å². The molecular formula is C20H23N3O2. The summed E-state index contributed by atoms with van der Waals surface area (Å²) in [6, 6.07) is 13.1. The minimum Gasteiger partial charge on any atom is -0.399 e. The molecule has 1 aliphatic rings. The molecule has 0 atom stereocenters. The van der Waals surface area contributed by atoms with Crippen molar-refractivity contribution in [1.29, 1.82) is 0 Å². The zero-order valence-corrected chi connectivity index (χ0v) is 14.3. The molecule has 0 unspecified atom stereocenters. The lowest BCUT2D eigenvalue weighted by Crippen LogP contribution is -2.15. The van der Waals surface area contributed by atoms with Crippen molar-refractivity contribution in [2.45, 2.75) is 32.6 Å². The molecule has 0 aromatic heterocycles. The number of nitrogens with two attached hydrogens (primary N) is 1. The van der Waals surface area contributed by atoms with Crippen LogP contribution in [0.5, 0.6) is 0 Å². The zero-order chi connectivity index (χ0) is 17.8. The van der Waals surface area contributed by atoms with Gasteiger partial charge in [-0.3, -0.25) is 9.59 Å². The number of amides is 2. The Hall–Kier alpha value is -2.82. The summed E-state index contributed by atoms with van der Waals surface area (Å²) in [6.07, 6.45) is 2.87. The standard InChI is InChI=1S/C20H23N3O2/c1-13-6-10-16(22-20(25)15-7-8-15)12-18(13)23-19(24)11-9-14-4-2-3-5-17(14)21/h2-6,10,12,15H,7-9,11,21H2,1H3,(H,22,25)(H,23,24). The third kappa shape index (κ3) is 4.59. The first kappa shape index (κ1) is 17.0. The topological polar surface area (TPSA) is 84.2 Å². The van der Waals surface area contributed by atoms with E-state index in [0.29, 0.717) is 24.2 Å². The van der Waals surface area contributed by atoms with Gasteiger partial charge in [-0.1, -0.05) is 24.3 Å². The van der Waals surface area contributed by atoms with E-state index in [4.69, 9.17) is 5.73 Å². The van der Waals surface area contributed by atoms with Gasteiger partial charge in [-0.25, -0.2) is 0 Å². The van der Waals surface area contributed by atoms with Crippen molar-refractivity contribution in [1.82, 2.24) is 0 Å². The fourth-order valence-corrected chi connectivity index (χ4v) is 2.65. The molecule has 1 aliphatic carbocycles. The van der Waals surface area contributed by atoms with Crippen molar-refractivity contribution in [3.8, 4) is 0 Å². The quantitative estimate of drug-likeness (QED) is 0.705. The molecule has 2 amide bonds. The molecule has 2 aromatic carbocycles. The Morgan fingerprint density at radius 1 is 1.12 bits per heavy atom. The van der Waals surface area contributed by atoms with Gasteiger partial charge >= 0.3 is 0 Å². The molecule has 25 heavy (non-hydrogen) atoms. The van der Waals surface area contributed by atoms with Gasteiger partial charge in [0.1, 0.15) is 0 Å². The van der Waals surface area contributed by atoms with Gasteiger partial charge in [-0.05, 0) is 55.5 Å². The number of para-hydroxylation sites is 1. The second-order valence-corrected chi connectivity index (χ2v) is 6.54.